The molecule has 84 valence electrons. The molecule has 0 saturated heterocycles. The monoisotopic (exact) mass is 226 g/mol. The average molecular weight is 226 g/mol. The van der Waals surface area contributed by atoms with E-state index in [0.717, 1.165) is 0 Å². The smallest absolute Gasteiger partial charge is 0.404 e. The van der Waals surface area contributed by atoms with Crippen LogP contribution in [0.15, 0.2) is 0 Å². The Hall–Kier alpha value is -0.860. The summed E-state index contributed by atoms with van der Waals surface area (Å²) >= 11 is 0. The second-order valence-electron chi connectivity index (χ2n) is 2.66. The Kier molecular flexibility index (Phi) is 6.17. The third-order valence-corrected chi connectivity index (χ3v) is 1.98. The second-order valence-corrected chi connectivity index (χ2v) is 3.90. The summed E-state index contributed by atoms with van der Waals surface area (Å²) in [4.78, 5) is 9.98. The van der Waals surface area contributed by atoms with Crippen LogP contribution in [0, 0.1) is 0 Å². The van der Waals surface area contributed by atoms with Crippen LogP contribution in [-0.2, 0) is 10.3 Å². The highest BCUT2D eigenvalue weighted by atomic mass is 32.2. The Morgan fingerprint density at radius 3 is 2.21 bits per heavy atom. The highest BCUT2D eigenvalue weighted by Gasteiger charge is 2.00. The van der Waals surface area contributed by atoms with Crippen LogP contribution in [0.3, 0.4) is 0 Å². The highest BCUT2D eigenvalue weighted by molar-refractivity contribution is 7.83. The maximum absolute atomic E-state index is 10.2. The third-order valence-electron chi connectivity index (χ3n) is 1.41. The molecule has 1 amide bonds. The first-order valence-electron chi connectivity index (χ1n) is 4.10. The van der Waals surface area contributed by atoms with Gasteiger partial charge in [-0.25, -0.2) is 4.79 Å². The van der Waals surface area contributed by atoms with Crippen molar-refractivity contribution in [1.29, 1.82) is 0 Å². The number of amides is 1. The number of carbonyl (C=O) groups is 1. The van der Waals surface area contributed by atoms with Crippen molar-refractivity contribution in [3.05, 3.63) is 0 Å². The van der Waals surface area contributed by atoms with Gasteiger partial charge in [0, 0.05) is 13.1 Å². The molecule has 0 unspecified atom stereocenters. The zero-order valence-electron chi connectivity index (χ0n) is 7.56. The van der Waals surface area contributed by atoms with Crippen molar-refractivity contribution in [2.75, 3.05) is 13.1 Å². The molecule has 0 spiro atoms. The van der Waals surface area contributed by atoms with Gasteiger partial charge >= 0.3 is 16.4 Å². The Bertz CT molecular complexity index is 263. The minimum absolute atomic E-state index is 0.159. The lowest BCUT2D eigenvalue weighted by Crippen LogP contribution is -2.24. The Labute approximate surface area is 82.4 Å². The fraction of sp³-hybridized carbons (Fsp3) is 0.833. The number of rotatable bonds is 7. The number of hydrogen-bond acceptors (Lipinski definition) is 3. The molecule has 0 aliphatic rings. The van der Waals surface area contributed by atoms with E-state index in [0.29, 0.717) is 25.8 Å². The zero-order valence-corrected chi connectivity index (χ0v) is 8.38. The van der Waals surface area contributed by atoms with Crippen LogP contribution in [0.4, 0.5) is 4.79 Å². The summed E-state index contributed by atoms with van der Waals surface area (Å²) in [5.74, 6) is 0. The normalized spacial score (nSPS) is 11.2. The van der Waals surface area contributed by atoms with E-state index in [2.05, 4.69) is 5.32 Å². The molecule has 0 aromatic heterocycles. The molecule has 0 fully saturated rings. The quantitative estimate of drug-likeness (QED) is 0.355. The van der Waals surface area contributed by atoms with Crippen LogP contribution in [0.5, 0.6) is 0 Å². The van der Waals surface area contributed by atoms with Crippen LogP contribution in [0.2, 0.25) is 0 Å². The van der Waals surface area contributed by atoms with Gasteiger partial charge in [-0.05, 0) is 12.8 Å². The number of nitrogens with one attached hydrogen (secondary N) is 2. The molecule has 7 nitrogen and oxygen atoms in total. The van der Waals surface area contributed by atoms with Gasteiger partial charge in [-0.2, -0.15) is 13.1 Å². The van der Waals surface area contributed by atoms with Gasteiger partial charge in [0.2, 0.25) is 0 Å². The summed E-state index contributed by atoms with van der Waals surface area (Å²) in [6, 6.07) is 0. The Morgan fingerprint density at radius 1 is 1.14 bits per heavy atom. The second kappa shape index (κ2) is 6.57. The van der Waals surface area contributed by atoms with Crippen molar-refractivity contribution >= 4 is 16.4 Å². The first-order valence-corrected chi connectivity index (χ1v) is 5.54. The van der Waals surface area contributed by atoms with Gasteiger partial charge in [-0.3, -0.25) is 4.55 Å². The average Bonchev–Trinajstić information content (AvgIpc) is 2.00. The predicted molar refractivity (Wildman–Crippen MR) is 49.4 cm³/mol. The van der Waals surface area contributed by atoms with Crippen molar-refractivity contribution in [2.24, 2.45) is 0 Å². The minimum atomic E-state index is -4.09. The van der Waals surface area contributed by atoms with Crippen molar-refractivity contribution in [1.82, 2.24) is 10.0 Å². The summed E-state index contributed by atoms with van der Waals surface area (Å²) in [7, 11) is -4.09. The molecule has 0 aromatic rings. The topological polar surface area (TPSA) is 116 Å². The Balaban J connectivity index is 3.19. The van der Waals surface area contributed by atoms with Gasteiger partial charge < -0.3 is 10.4 Å². The molecular weight excluding hydrogens is 212 g/mol. The van der Waals surface area contributed by atoms with Crippen molar-refractivity contribution in [3.63, 3.8) is 0 Å². The van der Waals surface area contributed by atoms with Gasteiger partial charge in [-0.15, -0.1) is 0 Å². The van der Waals surface area contributed by atoms with Crippen molar-refractivity contribution in [3.8, 4) is 0 Å². The van der Waals surface area contributed by atoms with E-state index in [4.69, 9.17) is 9.66 Å². The number of unbranched alkanes of at least 4 members (excludes halogenated alkanes) is 2. The van der Waals surface area contributed by atoms with Crippen LogP contribution < -0.4 is 10.0 Å². The van der Waals surface area contributed by atoms with E-state index in [9.17, 15) is 13.2 Å². The highest BCUT2D eigenvalue weighted by Crippen LogP contribution is 1.92. The molecule has 0 aromatic carbocycles. The molecule has 4 N–H and O–H groups in total. The number of hydrogen-bond donors (Lipinski definition) is 4. The summed E-state index contributed by atoms with van der Waals surface area (Å²) in [6.07, 6.45) is 0.810. The van der Waals surface area contributed by atoms with E-state index in [1.165, 1.54) is 0 Å². The van der Waals surface area contributed by atoms with Gasteiger partial charge in [0.1, 0.15) is 0 Å². The largest absolute Gasteiger partial charge is 0.465 e. The zero-order chi connectivity index (χ0) is 11.0. The minimum Gasteiger partial charge on any atom is -0.465 e. The van der Waals surface area contributed by atoms with Crippen LogP contribution in [-0.4, -0.2) is 37.3 Å². The maximum Gasteiger partial charge on any atom is 0.404 e. The fourth-order valence-corrected chi connectivity index (χ4v) is 1.23. The summed E-state index contributed by atoms with van der Waals surface area (Å²) < 4.78 is 30.5. The molecule has 0 bridgehead atoms. The standard InChI is InChI=1S/C6H14N2O5S/c9-6(10)7-4-2-1-3-5-8-14(11,12)13/h7-8H,1-5H2,(H,9,10)(H,11,12,13). The van der Waals surface area contributed by atoms with E-state index in [1.807, 2.05) is 4.72 Å². The molecule has 0 heterocycles. The maximum atomic E-state index is 10.2. The Morgan fingerprint density at radius 2 is 1.71 bits per heavy atom. The molecule has 0 saturated carbocycles. The molecule has 0 aliphatic carbocycles. The first kappa shape index (κ1) is 13.1. The van der Waals surface area contributed by atoms with E-state index in [-0.39, 0.29) is 6.54 Å². The fourth-order valence-electron chi connectivity index (χ4n) is 0.823. The molecule has 14 heavy (non-hydrogen) atoms. The lowest BCUT2D eigenvalue weighted by molar-refractivity contribution is 0.194. The van der Waals surface area contributed by atoms with E-state index < -0.39 is 16.4 Å². The van der Waals surface area contributed by atoms with Crippen molar-refractivity contribution < 1.29 is 22.9 Å². The molecule has 8 heteroatoms. The summed E-state index contributed by atoms with van der Waals surface area (Å²) in [6.45, 7) is 0.507. The molecule has 0 rings (SSSR count). The molecule has 0 aliphatic heterocycles. The molecular formula is C6H14N2O5S. The van der Waals surface area contributed by atoms with Gasteiger partial charge in [0.15, 0.2) is 0 Å². The molecule has 0 atom stereocenters. The van der Waals surface area contributed by atoms with Crippen molar-refractivity contribution in [2.45, 2.75) is 19.3 Å². The SMILES string of the molecule is O=C(O)NCCCCCNS(=O)(=O)O. The van der Waals surface area contributed by atoms with Crippen LogP contribution >= 0.6 is 0 Å². The summed E-state index contributed by atoms with van der Waals surface area (Å²) in [5, 5.41) is 10.4. The van der Waals surface area contributed by atoms with E-state index in [1.54, 1.807) is 0 Å². The van der Waals surface area contributed by atoms with Crippen LogP contribution in [0.25, 0.3) is 0 Å². The lowest BCUT2D eigenvalue weighted by atomic mass is 10.2. The van der Waals surface area contributed by atoms with E-state index >= 15 is 0 Å². The molecule has 0 radical (unpaired) electrons. The lowest BCUT2D eigenvalue weighted by Gasteiger charge is -2.01. The predicted octanol–water partition coefficient (Wildman–Crippen LogP) is -0.183. The van der Waals surface area contributed by atoms with Crippen LogP contribution in [0.1, 0.15) is 19.3 Å². The van der Waals surface area contributed by atoms with Gasteiger partial charge in [0.05, 0.1) is 0 Å². The first-order chi connectivity index (χ1) is 6.42. The van der Waals surface area contributed by atoms with Gasteiger partial charge in [-0.1, -0.05) is 6.42 Å². The summed E-state index contributed by atoms with van der Waals surface area (Å²) in [5.41, 5.74) is 0. The number of carboxylic acid groups (broad SMARTS) is 1. The van der Waals surface area contributed by atoms with Gasteiger partial charge in [0.25, 0.3) is 0 Å². The third kappa shape index (κ3) is 11.1.